The average Bonchev–Trinajstić information content (AvgIpc) is 2.30. The minimum Gasteiger partial charge on any atom is -0.398 e. The molecule has 16 heavy (non-hydrogen) atoms. The van der Waals surface area contributed by atoms with Gasteiger partial charge >= 0.3 is 0 Å². The Kier molecular flexibility index (Phi) is 3.06. The van der Waals surface area contributed by atoms with Gasteiger partial charge in [0.15, 0.2) is 0 Å². The van der Waals surface area contributed by atoms with Gasteiger partial charge in [-0.1, -0.05) is 30.3 Å². The summed E-state index contributed by atoms with van der Waals surface area (Å²) in [5, 5.41) is 0. The van der Waals surface area contributed by atoms with E-state index in [-0.39, 0.29) is 0 Å². The zero-order chi connectivity index (χ0) is 11.5. The molecule has 0 unspecified atom stereocenters. The van der Waals surface area contributed by atoms with Crippen molar-refractivity contribution in [1.29, 1.82) is 0 Å². The molecule has 0 radical (unpaired) electrons. The fourth-order valence-electron chi connectivity index (χ4n) is 1.59. The predicted molar refractivity (Wildman–Crippen MR) is 68.6 cm³/mol. The monoisotopic (exact) mass is 231 g/mol. The SMILES string of the molecule is C[S@](=O)c1ccc(-c2ccccc2N)cc1. The number of para-hydroxylation sites is 1. The molecule has 2 aromatic rings. The van der Waals surface area contributed by atoms with Gasteiger partial charge in [0.05, 0.1) is 0 Å². The Morgan fingerprint density at radius 3 is 2.19 bits per heavy atom. The van der Waals surface area contributed by atoms with Crippen LogP contribution in [0.3, 0.4) is 0 Å². The summed E-state index contributed by atoms with van der Waals surface area (Å²) >= 11 is 0. The molecular weight excluding hydrogens is 218 g/mol. The standard InChI is InChI=1S/C13H13NOS/c1-16(15)11-8-6-10(7-9-11)12-4-2-3-5-13(12)14/h2-9H,14H2,1H3/t16-/m0/s1. The largest absolute Gasteiger partial charge is 0.398 e. The summed E-state index contributed by atoms with van der Waals surface area (Å²) in [7, 11) is -0.930. The van der Waals surface area contributed by atoms with Crippen molar-refractivity contribution in [3.05, 3.63) is 48.5 Å². The van der Waals surface area contributed by atoms with Crippen molar-refractivity contribution in [2.75, 3.05) is 12.0 Å². The second-order valence-electron chi connectivity index (χ2n) is 3.57. The molecule has 2 rings (SSSR count). The van der Waals surface area contributed by atoms with E-state index in [0.29, 0.717) is 0 Å². The van der Waals surface area contributed by atoms with E-state index < -0.39 is 10.8 Å². The van der Waals surface area contributed by atoms with Crippen LogP contribution in [-0.4, -0.2) is 10.5 Å². The predicted octanol–water partition coefficient (Wildman–Crippen LogP) is 2.67. The van der Waals surface area contributed by atoms with Crippen molar-refractivity contribution in [1.82, 2.24) is 0 Å². The molecule has 2 aromatic carbocycles. The van der Waals surface area contributed by atoms with Crippen LogP contribution >= 0.6 is 0 Å². The Bertz CT molecular complexity index is 520. The highest BCUT2D eigenvalue weighted by atomic mass is 32.2. The van der Waals surface area contributed by atoms with Crippen molar-refractivity contribution < 1.29 is 4.21 Å². The van der Waals surface area contributed by atoms with Crippen LogP contribution in [-0.2, 0) is 10.8 Å². The summed E-state index contributed by atoms with van der Waals surface area (Å²) in [6, 6.07) is 15.4. The van der Waals surface area contributed by atoms with Crippen molar-refractivity contribution in [3.8, 4) is 11.1 Å². The van der Waals surface area contributed by atoms with Crippen molar-refractivity contribution in [3.63, 3.8) is 0 Å². The third-order valence-electron chi connectivity index (χ3n) is 2.46. The van der Waals surface area contributed by atoms with Gasteiger partial charge in [-0.05, 0) is 23.8 Å². The Balaban J connectivity index is 2.43. The number of nitrogens with two attached hydrogens (primary N) is 1. The van der Waals surface area contributed by atoms with Gasteiger partial charge in [0, 0.05) is 33.2 Å². The van der Waals surface area contributed by atoms with Crippen LogP contribution in [0.4, 0.5) is 5.69 Å². The lowest BCUT2D eigenvalue weighted by Gasteiger charge is -2.05. The minimum atomic E-state index is -0.930. The average molecular weight is 231 g/mol. The molecule has 0 aliphatic rings. The first-order valence-electron chi connectivity index (χ1n) is 4.97. The maximum Gasteiger partial charge on any atom is 0.0498 e. The number of hydrogen-bond acceptors (Lipinski definition) is 2. The number of hydrogen-bond donors (Lipinski definition) is 1. The molecule has 2 N–H and O–H groups in total. The van der Waals surface area contributed by atoms with Gasteiger partial charge in [0.1, 0.15) is 0 Å². The van der Waals surface area contributed by atoms with Gasteiger partial charge in [0.25, 0.3) is 0 Å². The topological polar surface area (TPSA) is 43.1 Å². The van der Waals surface area contributed by atoms with Gasteiger partial charge < -0.3 is 5.73 Å². The van der Waals surface area contributed by atoms with Gasteiger partial charge in [-0.15, -0.1) is 0 Å². The zero-order valence-electron chi connectivity index (χ0n) is 9.01. The van der Waals surface area contributed by atoms with Gasteiger partial charge in [-0.25, -0.2) is 0 Å². The molecule has 0 bridgehead atoms. The molecule has 1 atom stereocenters. The van der Waals surface area contributed by atoms with Crippen molar-refractivity contribution in [2.45, 2.75) is 4.90 Å². The smallest absolute Gasteiger partial charge is 0.0498 e. The van der Waals surface area contributed by atoms with Crippen LogP contribution < -0.4 is 5.73 Å². The van der Waals surface area contributed by atoms with Gasteiger partial charge in [-0.2, -0.15) is 0 Å². The Morgan fingerprint density at radius 2 is 1.62 bits per heavy atom. The van der Waals surface area contributed by atoms with E-state index in [1.165, 1.54) is 0 Å². The van der Waals surface area contributed by atoms with E-state index in [1.807, 2.05) is 48.5 Å². The van der Waals surface area contributed by atoms with Crippen LogP contribution in [0.15, 0.2) is 53.4 Å². The number of anilines is 1. The van der Waals surface area contributed by atoms with E-state index in [2.05, 4.69) is 0 Å². The molecule has 0 saturated carbocycles. The van der Waals surface area contributed by atoms with Gasteiger partial charge in [0.2, 0.25) is 0 Å². The molecule has 0 spiro atoms. The van der Waals surface area contributed by atoms with Crippen molar-refractivity contribution in [2.24, 2.45) is 0 Å². The lowest BCUT2D eigenvalue weighted by Crippen LogP contribution is -1.90. The first-order chi connectivity index (χ1) is 7.68. The summed E-state index contributed by atoms with van der Waals surface area (Å²) in [6.07, 6.45) is 1.67. The molecule has 0 heterocycles. The van der Waals surface area contributed by atoms with Crippen LogP contribution in [0.2, 0.25) is 0 Å². The maximum absolute atomic E-state index is 11.2. The highest BCUT2D eigenvalue weighted by Gasteiger charge is 2.02. The molecule has 82 valence electrons. The summed E-state index contributed by atoms with van der Waals surface area (Å²) in [5.74, 6) is 0. The normalized spacial score (nSPS) is 12.3. The number of rotatable bonds is 2. The van der Waals surface area contributed by atoms with Crippen molar-refractivity contribution >= 4 is 16.5 Å². The maximum atomic E-state index is 11.2. The first kappa shape index (κ1) is 10.9. The molecule has 0 amide bonds. The molecule has 0 saturated heterocycles. The first-order valence-corrected chi connectivity index (χ1v) is 6.52. The third-order valence-corrected chi connectivity index (χ3v) is 3.39. The van der Waals surface area contributed by atoms with E-state index in [4.69, 9.17) is 5.73 Å². The Morgan fingerprint density at radius 1 is 1.00 bits per heavy atom. The minimum absolute atomic E-state index is 0.757. The van der Waals surface area contributed by atoms with Crippen LogP contribution in [0.5, 0.6) is 0 Å². The molecule has 0 aliphatic heterocycles. The Labute approximate surface area is 97.6 Å². The fourth-order valence-corrected chi connectivity index (χ4v) is 2.11. The summed E-state index contributed by atoms with van der Waals surface area (Å²) < 4.78 is 11.2. The van der Waals surface area contributed by atoms with E-state index in [9.17, 15) is 4.21 Å². The second kappa shape index (κ2) is 4.49. The van der Waals surface area contributed by atoms with Gasteiger partial charge in [-0.3, -0.25) is 4.21 Å². The van der Waals surface area contributed by atoms with Crippen LogP contribution in [0.1, 0.15) is 0 Å². The lowest BCUT2D eigenvalue weighted by molar-refractivity contribution is 0.687. The quantitative estimate of drug-likeness (QED) is 0.807. The molecule has 2 nitrogen and oxygen atoms in total. The zero-order valence-corrected chi connectivity index (χ0v) is 9.83. The van der Waals surface area contributed by atoms with E-state index in [1.54, 1.807) is 6.26 Å². The Hall–Kier alpha value is -1.61. The molecular formula is C13H13NOS. The summed E-state index contributed by atoms with van der Waals surface area (Å²) in [5.41, 5.74) is 8.71. The van der Waals surface area contributed by atoms with Crippen LogP contribution in [0, 0.1) is 0 Å². The van der Waals surface area contributed by atoms with Crippen LogP contribution in [0.25, 0.3) is 11.1 Å². The van der Waals surface area contributed by atoms with E-state index >= 15 is 0 Å². The lowest BCUT2D eigenvalue weighted by atomic mass is 10.0. The third kappa shape index (κ3) is 2.14. The summed E-state index contributed by atoms with van der Waals surface area (Å²) in [6.45, 7) is 0. The molecule has 3 heteroatoms. The number of nitrogen functional groups attached to an aromatic ring is 1. The number of benzene rings is 2. The van der Waals surface area contributed by atoms with E-state index in [0.717, 1.165) is 21.7 Å². The fraction of sp³-hybridized carbons (Fsp3) is 0.0769. The molecule has 0 aliphatic carbocycles. The molecule has 0 aromatic heterocycles. The summed E-state index contributed by atoms with van der Waals surface area (Å²) in [4.78, 5) is 0.832. The highest BCUT2D eigenvalue weighted by Crippen LogP contribution is 2.25. The second-order valence-corrected chi connectivity index (χ2v) is 4.95. The molecule has 0 fully saturated rings. The highest BCUT2D eigenvalue weighted by molar-refractivity contribution is 7.84.